The van der Waals surface area contributed by atoms with Gasteiger partial charge in [0.15, 0.2) is 0 Å². The van der Waals surface area contributed by atoms with Gasteiger partial charge in [0.25, 0.3) is 0 Å². The molecule has 1 aliphatic rings. The van der Waals surface area contributed by atoms with Crippen LogP contribution in [0.2, 0.25) is 5.02 Å². The van der Waals surface area contributed by atoms with Crippen LogP contribution in [-0.2, 0) is 11.3 Å². The second-order valence-electron chi connectivity index (χ2n) is 5.47. The molecule has 3 rings (SSSR count). The van der Waals surface area contributed by atoms with Gasteiger partial charge in [0.1, 0.15) is 6.04 Å². The number of para-hydroxylation sites is 1. The highest BCUT2D eigenvalue weighted by molar-refractivity contribution is 6.34. The van der Waals surface area contributed by atoms with Crippen molar-refractivity contribution in [2.24, 2.45) is 0 Å². The van der Waals surface area contributed by atoms with Gasteiger partial charge in [0.2, 0.25) is 5.91 Å². The van der Waals surface area contributed by atoms with Crippen molar-refractivity contribution in [1.82, 2.24) is 15.6 Å². The summed E-state index contributed by atoms with van der Waals surface area (Å²) in [4.78, 5) is 30.1. The third kappa shape index (κ3) is 3.65. The maximum Gasteiger partial charge on any atom is 0.315 e. The molecule has 2 N–H and O–H groups in total. The zero-order valence-corrected chi connectivity index (χ0v) is 13.7. The van der Waals surface area contributed by atoms with Gasteiger partial charge < -0.3 is 15.5 Å². The first kappa shape index (κ1) is 16.3. The molecule has 0 bridgehead atoms. The standard InChI is InChI=1S/C17H17ClN4O2/c18-13-5-1-2-6-15(13)22-9-7-14(16(22)23)21-17(24)20-11-12-4-3-8-19-10-12/h1-6,8,10,14H,7,9,11H2,(H2,20,21,24)/t14-/m0/s1. The minimum Gasteiger partial charge on any atom is -0.334 e. The van der Waals surface area contributed by atoms with Gasteiger partial charge in [-0.3, -0.25) is 9.78 Å². The zero-order valence-electron chi connectivity index (χ0n) is 12.9. The summed E-state index contributed by atoms with van der Waals surface area (Å²) in [7, 11) is 0. The first-order chi connectivity index (χ1) is 11.6. The van der Waals surface area contributed by atoms with Crippen molar-refractivity contribution in [2.75, 3.05) is 11.4 Å². The fourth-order valence-electron chi connectivity index (χ4n) is 2.62. The van der Waals surface area contributed by atoms with Crippen molar-refractivity contribution in [3.63, 3.8) is 0 Å². The fraction of sp³-hybridized carbons (Fsp3) is 0.235. The Morgan fingerprint density at radius 2 is 2.12 bits per heavy atom. The predicted octanol–water partition coefficient (Wildman–Crippen LogP) is 2.34. The van der Waals surface area contributed by atoms with E-state index in [9.17, 15) is 9.59 Å². The van der Waals surface area contributed by atoms with E-state index in [2.05, 4.69) is 15.6 Å². The Bertz CT molecular complexity index is 738. The number of hydrogen-bond donors (Lipinski definition) is 2. The SMILES string of the molecule is O=C(NCc1cccnc1)N[C@H]1CCN(c2ccccc2Cl)C1=O. The van der Waals surface area contributed by atoms with Gasteiger partial charge in [0.05, 0.1) is 10.7 Å². The largest absolute Gasteiger partial charge is 0.334 e. The molecule has 1 aromatic heterocycles. The van der Waals surface area contributed by atoms with E-state index >= 15 is 0 Å². The second kappa shape index (κ2) is 7.31. The Morgan fingerprint density at radius 1 is 1.29 bits per heavy atom. The topological polar surface area (TPSA) is 74.3 Å². The number of halogens is 1. The minimum atomic E-state index is -0.546. The van der Waals surface area contributed by atoms with Crippen LogP contribution in [0.1, 0.15) is 12.0 Å². The van der Waals surface area contributed by atoms with Crippen LogP contribution >= 0.6 is 11.6 Å². The monoisotopic (exact) mass is 344 g/mol. The number of benzene rings is 1. The Morgan fingerprint density at radius 3 is 2.88 bits per heavy atom. The molecule has 0 unspecified atom stereocenters. The van der Waals surface area contributed by atoms with Crippen LogP contribution in [0, 0.1) is 0 Å². The highest BCUT2D eigenvalue weighted by atomic mass is 35.5. The first-order valence-corrected chi connectivity index (χ1v) is 8.02. The number of pyridine rings is 1. The number of amides is 3. The van der Waals surface area contributed by atoms with Crippen LogP contribution in [0.25, 0.3) is 0 Å². The lowest BCUT2D eigenvalue weighted by Gasteiger charge is -2.18. The number of carbonyl (C=O) groups excluding carboxylic acids is 2. The fourth-order valence-corrected chi connectivity index (χ4v) is 2.86. The molecule has 0 radical (unpaired) electrons. The number of urea groups is 1. The maximum atomic E-state index is 12.5. The lowest BCUT2D eigenvalue weighted by molar-refractivity contribution is -0.118. The summed E-state index contributed by atoms with van der Waals surface area (Å²) in [5, 5.41) is 5.96. The molecule has 3 amide bonds. The Labute approximate surface area is 144 Å². The van der Waals surface area contributed by atoms with Gasteiger partial charge in [0, 0.05) is 25.5 Å². The molecule has 2 aromatic rings. The molecule has 7 heteroatoms. The minimum absolute atomic E-state index is 0.153. The Kier molecular flexibility index (Phi) is 4.96. The molecule has 1 aliphatic heterocycles. The van der Waals surface area contributed by atoms with Crippen molar-refractivity contribution in [3.05, 3.63) is 59.4 Å². The number of aromatic nitrogens is 1. The number of anilines is 1. The average molecular weight is 345 g/mol. The quantitative estimate of drug-likeness (QED) is 0.894. The Hall–Kier alpha value is -2.60. The summed E-state index contributed by atoms with van der Waals surface area (Å²) in [6, 6.07) is 9.93. The number of nitrogens with zero attached hydrogens (tertiary/aromatic N) is 2. The molecule has 0 saturated carbocycles. The van der Waals surface area contributed by atoms with E-state index in [1.807, 2.05) is 18.2 Å². The first-order valence-electron chi connectivity index (χ1n) is 7.64. The molecule has 0 aliphatic carbocycles. The number of carbonyl (C=O) groups is 2. The molecule has 1 fully saturated rings. The third-order valence-corrected chi connectivity index (χ3v) is 4.15. The van der Waals surface area contributed by atoms with E-state index in [1.54, 1.807) is 35.5 Å². The summed E-state index contributed by atoms with van der Waals surface area (Å²) in [5.74, 6) is -0.153. The van der Waals surface area contributed by atoms with Crippen LogP contribution in [-0.4, -0.2) is 29.5 Å². The summed E-state index contributed by atoms with van der Waals surface area (Å²) in [6.45, 7) is 0.880. The summed E-state index contributed by atoms with van der Waals surface area (Å²) in [5.41, 5.74) is 1.56. The van der Waals surface area contributed by atoms with Gasteiger partial charge in [-0.25, -0.2) is 4.79 Å². The van der Waals surface area contributed by atoms with E-state index in [-0.39, 0.29) is 11.9 Å². The third-order valence-electron chi connectivity index (χ3n) is 3.83. The summed E-state index contributed by atoms with van der Waals surface area (Å²) in [6.07, 6.45) is 3.90. The van der Waals surface area contributed by atoms with Gasteiger partial charge in [-0.05, 0) is 30.2 Å². The van der Waals surface area contributed by atoms with Gasteiger partial charge >= 0.3 is 6.03 Å². The molecular weight excluding hydrogens is 328 g/mol. The second-order valence-corrected chi connectivity index (χ2v) is 5.88. The van der Waals surface area contributed by atoms with E-state index in [1.165, 1.54) is 0 Å². The van der Waals surface area contributed by atoms with Crippen molar-refractivity contribution in [2.45, 2.75) is 19.0 Å². The van der Waals surface area contributed by atoms with Crippen LogP contribution < -0.4 is 15.5 Å². The highest BCUT2D eigenvalue weighted by Crippen LogP contribution is 2.28. The molecule has 6 nitrogen and oxygen atoms in total. The van der Waals surface area contributed by atoms with E-state index in [4.69, 9.17) is 11.6 Å². The van der Waals surface area contributed by atoms with E-state index in [0.717, 1.165) is 5.56 Å². The van der Waals surface area contributed by atoms with E-state index in [0.29, 0.717) is 30.2 Å². The van der Waals surface area contributed by atoms with Crippen molar-refractivity contribution in [1.29, 1.82) is 0 Å². The molecule has 24 heavy (non-hydrogen) atoms. The van der Waals surface area contributed by atoms with Crippen LogP contribution in [0.4, 0.5) is 10.5 Å². The number of hydrogen-bond acceptors (Lipinski definition) is 3. The smallest absolute Gasteiger partial charge is 0.315 e. The van der Waals surface area contributed by atoms with Crippen molar-refractivity contribution in [3.8, 4) is 0 Å². The number of rotatable bonds is 4. The lowest BCUT2D eigenvalue weighted by Crippen LogP contribution is -2.46. The van der Waals surface area contributed by atoms with Gasteiger partial charge in [-0.15, -0.1) is 0 Å². The maximum absolute atomic E-state index is 12.5. The summed E-state index contributed by atoms with van der Waals surface area (Å²) < 4.78 is 0. The van der Waals surface area contributed by atoms with Crippen LogP contribution in [0.3, 0.4) is 0 Å². The molecule has 124 valence electrons. The van der Waals surface area contributed by atoms with Crippen molar-refractivity contribution < 1.29 is 9.59 Å². The van der Waals surface area contributed by atoms with Crippen molar-refractivity contribution >= 4 is 29.2 Å². The van der Waals surface area contributed by atoms with Crippen LogP contribution in [0.15, 0.2) is 48.8 Å². The van der Waals surface area contributed by atoms with Gasteiger partial charge in [-0.2, -0.15) is 0 Å². The predicted molar refractivity (Wildman–Crippen MR) is 91.8 cm³/mol. The highest BCUT2D eigenvalue weighted by Gasteiger charge is 2.34. The van der Waals surface area contributed by atoms with Crippen LogP contribution in [0.5, 0.6) is 0 Å². The summed E-state index contributed by atoms with van der Waals surface area (Å²) >= 11 is 6.14. The molecular formula is C17H17ClN4O2. The van der Waals surface area contributed by atoms with E-state index < -0.39 is 6.04 Å². The molecule has 1 saturated heterocycles. The number of nitrogens with one attached hydrogen (secondary N) is 2. The lowest BCUT2D eigenvalue weighted by atomic mass is 10.2. The normalized spacial score (nSPS) is 17.0. The molecule has 1 aromatic carbocycles. The molecule has 2 heterocycles. The Balaban J connectivity index is 1.56. The molecule has 1 atom stereocenters. The molecule has 0 spiro atoms. The van der Waals surface area contributed by atoms with Gasteiger partial charge in [-0.1, -0.05) is 29.8 Å². The average Bonchev–Trinajstić information content (AvgIpc) is 2.95. The zero-order chi connectivity index (χ0) is 16.9.